The SMILES string of the molecule is CC(C)CC1CC(=O)N(CCCCCC(=O)C(C)C)C1=O. The van der Waals surface area contributed by atoms with Gasteiger partial charge >= 0.3 is 0 Å². The highest BCUT2D eigenvalue weighted by Gasteiger charge is 2.37. The smallest absolute Gasteiger partial charge is 0.232 e. The van der Waals surface area contributed by atoms with E-state index in [4.69, 9.17) is 0 Å². The molecule has 4 heteroatoms. The monoisotopic (exact) mass is 295 g/mol. The standard InChI is InChI=1S/C17H29NO3/c1-12(2)10-14-11-16(20)18(17(14)21)9-7-5-6-8-15(19)13(3)4/h12-14H,5-11H2,1-4H3. The van der Waals surface area contributed by atoms with Crippen molar-refractivity contribution in [3.05, 3.63) is 0 Å². The van der Waals surface area contributed by atoms with Gasteiger partial charge in [-0.3, -0.25) is 19.3 Å². The first kappa shape index (κ1) is 17.9. The van der Waals surface area contributed by atoms with Crippen LogP contribution in [-0.2, 0) is 14.4 Å². The van der Waals surface area contributed by atoms with Gasteiger partial charge in [0.15, 0.2) is 0 Å². The maximum atomic E-state index is 12.2. The Bertz CT molecular complexity index is 387. The Morgan fingerprint density at radius 1 is 1.14 bits per heavy atom. The maximum absolute atomic E-state index is 12.2. The topological polar surface area (TPSA) is 54.5 Å². The summed E-state index contributed by atoms with van der Waals surface area (Å²) in [5, 5.41) is 0. The van der Waals surface area contributed by atoms with E-state index in [0.717, 1.165) is 25.7 Å². The fourth-order valence-corrected chi connectivity index (χ4v) is 2.77. The number of Topliss-reactive ketones (excluding diaryl/α,β-unsaturated/α-hetero) is 1. The number of likely N-dealkylation sites (tertiary alicyclic amines) is 1. The van der Waals surface area contributed by atoms with Crippen LogP contribution in [0.1, 0.15) is 66.2 Å². The van der Waals surface area contributed by atoms with Gasteiger partial charge in [0.05, 0.1) is 0 Å². The molecule has 0 aliphatic carbocycles. The van der Waals surface area contributed by atoms with Gasteiger partial charge < -0.3 is 0 Å². The van der Waals surface area contributed by atoms with Crippen molar-refractivity contribution >= 4 is 17.6 Å². The van der Waals surface area contributed by atoms with Crippen LogP contribution in [0, 0.1) is 17.8 Å². The lowest BCUT2D eigenvalue weighted by molar-refractivity contribution is -0.139. The first-order valence-corrected chi connectivity index (χ1v) is 8.19. The summed E-state index contributed by atoms with van der Waals surface area (Å²) in [7, 11) is 0. The third-order valence-electron chi connectivity index (χ3n) is 4.04. The number of carbonyl (C=O) groups excluding carboxylic acids is 3. The molecular formula is C17H29NO3. The van der Waals surface area contributed by atoms with Gasteiger partial charge in [0.1, 0.15) is 5.78 Å². The number of hydrogen-bond donors (Lipinski definition) is 0. The summed E-state index contributed by atoms with van der Waals surface area (Å²) in [5.74, 6) is 0.702. The first-order chi connectivity index (χ1) is 9.82. The van der Waals surface area contributed by atoms with Crippen molar-refractivity contribution in [2.45, 2.75) is 66.2 Å². The molecule has 1 unspecified atom stereocenters. The number of amides is 2. The lowest BCUT2D eigenvalue weighted by atomic mass is 9.96. The number of unbranched alkanes of at least 4 members (excludes halogenated alkanes) is 2. The highest BCUT2D eigenvalue weighted by atomic mass is 16.2. The van der Waals surface area contributed by atoms with E-state index in [2.05, 4.69) is 13.8 Å². The van der Waals surface area contributed by atoms with Gasteiger partial charge in [-0.25, -0.2) is 0 Å². The van der Waals surface area contributed by atoms with Gasteiger partial charge in [0.2, 0.25) is 11.8 Å². The van der Waals surface area contributed by atoms with E-state index in [1.165, 1.54) is 4.90 Å². The lowest BCUT2D eigenvalue weighted by Crippen LogP contribution is -2.31. The van der Waals surface area contributed by atoms with E-state index in [1.807, 2.05) is 13.8 Å². The van der Waals surface area contributed by atoms with Crippen molar-refractivity contribution in [1.82, 2.24) is 4.90 Å². The van der Waals surface area contributed by atoms with Crippen LogP contribution in [-0.4, -0.2) is 29.0 Å². The molecule has 4 nitrogen and oxygen atoms in total. The summed E-state index contributed by atoms with van der Waals surface area (Å²) in [6, 6.07) is 0. The highest BCUT2D eigenvalue weighted by Crippen LogP contribution is 2.26. The van der Waals surface area contributed by atoms with Gasteiger partial charge in [-0.05, 0) is 25.2 Å². The Hall–Kier alpha value is -1.19. The zero-order valence-corrected chi connectivity index (χ0v) is 13.9. The van der Waals surface area contributed by atoms with Gasteiger partial charge in [0.25, 0.3) is 0 Å². The molecule has 0 aromatic rings. The quantitative estimate of drug-likeness (QED) is 0.485. The number of ketones is 1. The third kappa shape index (κ3) is 5.60. The molecule has 0 saturated carbocycles. The Labute approximate surface area is 128 Å². The fraction of sp³-hybridized carbons (Fsp3) is 0.824. The lowest BCUT2D eigenvalue weighted by Gasteiger charge is -2.15. The van der Waals surface area contributed by atoms with Crippen LogP contribution in [0.4, 0.5) is 0 Å². The van der Waals surface area contributed by atoms with Crippen LogP contribution < -0.4 is 0 Å². The molecule has 1 heterocycles. The summed E-state index contributed by atoms with van der Waals surface area (Å²) >= 11 is 0. The van der Waals surface area contributed by atoms with Crippen LogP contribution in [0.15, 0.2) is 0 Å². The average Bonchev–Trinajstić information content (AvgIpc) is 2.64. The Morgan fingerprint density at radius 3 is 2.38 bits per heavy atom. The summed E-state index contributed by atoms with van der Waals surface area (Å²) in [5.41, 5.74) is 0. The molecule has 21 heavy (non-hydrogen) atoms. The predicted octanol–water partition coefficient (Wildman–Crippen LogP) is 3.19. The molecule has 0 spiro atoms. The molecule has 1 fully saturated rings. The number of carbonyl (C=O) groups is 3. The fourth-order valence-electron chi connectivity index (χ4n) is 2.77. The molecule has 1 saturated heterocycles. The molecule has 1 atom stereocenters. The molecule has 120 valence electrons. The van der Waals surface area contributed by atoms with Gasteiger partial charge in [0, 0.05) is 31.2 Å². The molecule has 2 amide bonds. The number of rotatable bonds is 9. The largest absolute Gasteiger partial charge is 0.299 e. The van der Waals surface area contributed by atoms with Crippen LogP contribution in [0.2, 0.25) is 0 Å². The molecule has 0 N–H and O–H groups in total. The summed E-state index contributed by atoms with van der Waals surface area (Å²) < 4.78 is 0. The predicted molar refractivity (Wildman–Crippen MR) is 82.6 cm³/mol. The molecule has 0 aromatic carbocycles. The van der Waals surface area contributed by atoms with Crippen LogP contribution >= 0.6 is 0 Å². The molecule has 1 rings (SSSR count). The number of hydrogen-bond acceptors (Lipinski definition) is 3. The normalized spacial score (nSPS) is 19.1. The third-order valence-corrected chi connectivity index (χ3v) is 4.04. The minimum atomic E-state index is -0.111. The van der Waals surface area contributed by atoms with Gasteiger partial charge in [-0.15, -0.1) is 0 Å². The van der Waals surface area contributed by atoms with Crippen molar-refractivity contribution in [2.24, 2.45) is 17.8 Å². The first-order valence-electron chi connectivity index (χ1n) is 8.19. The summed E-state index contributed by atoms with van der Waals surface area (Å²) in [6.07, 6.45) is 4.33. The summed E-state index contributed by atoms with van der Waals surface area (Å²) in [4.78, 5) is 37.0. The molecule has 1 aliphatic rings. The minimum absolute atomic E-state index is 0.00644. The van der Waals surface area contributed by atoms with Crippen LogP contribution in [0.5, 0.6) is 0 Å². The summed E-state index contributed by atoms with van der Waals surface area (Å²) in [6.45, 7) is 8.50. The zero-order valence-electron chi connectivity index (χ0n) is 13.9. The Morgan fingerprint density at radius 2 is 1.81 bits per heavy atom. The van der Waals surface area contributed by atoms with Gasteiger partial charge in [-0.2, -0.15) is 0 Å². The molecule has 0 radical (unpaired) electrons. The minimum Gasteiger partial charge on any atom is -0.299 e. The average molecular weight is 295 g/mol. The number of imide groups is 1. The van der Waals surface area contributed by atoms with Crippen molar-refractivity contribution in [1.29, 1.82) is 0 Å². The van der Waals surface area contributed by atoms with Crippen molar-refractivity contribution in [3.8, 4) is 0 Å². The molecule has 1 aliphatic heterocycles. The van der Waals surface area contributed by atoms with Crippen molar-refractivity contribution < 1.29 is 14.4 Å². The van der Waals surface area contributed by atoms with Crippen molar-refractivity contribution in [3.63, 3.8) is 0 Å². The molecule has 0 bridgehead atoms. The highest BCUT2D eigenvalue weighted by molar-refractivity contribution is 6.03. The van der Waals surface area contributed by atoms with E-state index >= 15 is 0 Å². The van der Waals surface area contributed by atoms with E-state index in [9.17, 15) is 14.4 Å². The molecular weight excluding hydrogens is 266 g/mol. The van der Waals surface area contributed by atoms with E-state index in [0.29, 0.717) is 31.1 Å². The van der Waals surface area contributed by atoms with Crippen molar-refractivity contribution in [2.75, 3.05) is 6.54 Å². The van der Waals surface area contributed by atoms with Crippen LogP contribution in [0.3, 0.4) is 0 Å². The second-order valence-electron chi connectivity index (χ2n) is 6.85. The maximum Gasteiger partial charge on any atom is 0.232 e. The second kappa shape index (κ2) is 8.30. The van der Waals surface area contributed by atoms with E-state index in [1.54, 1.807) is 0 Å². The zero-order chi connectivity index (χ0) is 16.0. The van der Waals surface area contributed by atoms with E-state index < -0.39 is 0 Å². The Kier molecular flexibility index (Phi) is 7.06. The second-order valence-corrected chi connectivity index (χ2v) is 6.85. The van der Waals surface area contributed by atoms with Gasteiger partial charge in [-0.1, -0.05) is 34.1 Å². The Balaban J connectivity index is 2.27. The van der Waals surface area contributed by atoms with Crippen LogP contribution in [0.25, 0.3) is 0 Å². The number of nitrogens with zero attached hydrogens (tertiary/aromatic N) is 1. The molecule has 0 aromatic heterocycles. The van der Waals surface area contributed by atoms with E-state index in [-0.39, 0.29) is 23.7 Å².